The minimum absolute atomic E-state index is 0.0185. The lowest BCUT2D eigenvalue weighted by molar-refractivity contribution is -0.141. The van der Waals surface area contributed by atoms with Gasteiger partial charge in [0.2, 0.25) is 5.91 Å². The molecular weight excluding hydrogens is 240 g/mol. The second kappa shape index (κ2) is 3.95. The van der Waals surface area contributed by atoms with E-state index >= 15 is 0 Å². The summed E-state index contributed by atoms with van der Waals surface area (Å²) in [6, 6.07) is 0.0872. The minimum atomic E-state index is 0.0185. The normalized spacial score (nSPS) is 43.0. The maximum absolute atomic E-state index is 12.4. The molecule has 3 rings (SSSR count). The maximum Gasteiger partial charge on any atom is 0.224 e. The summed E-state index contributed by atoms with van der Waals surface area (Å²) in [5.74, 6) is 0.692. The van der Waals surface area contributed by atoms with E-state index < -0.39 is 0 Å². The Kier molecular flexibility index (Phi) is 2.78. The number of amides is 1. The Morgan fingerprint density at radius 3 is 2.47 bits per heavy atom. The molecule has 4 atom stereocenters. The molecule has 1 aliphatic heterocycles. The van der Waals surface area contributed by atoms with Crippen LogP contribution in [0.1, 0.15) is 40.5 Å². The topological polar surface area (TPSA) is 64.4 Å². The molecule has 2 saturated carbocycles. The van der Waals surface area contributed by atoms with Crippen molar-refractivity contribution in [2.75, 3.05) is 6.61 Å². The van der Waals surface area contributed by atoms with Gasteiger partial charge in [0.05, 0.1) is 12.1 Å². The van der Waals surface area contributed by atoms with Crippen LogP contribution in [-0.2, 0) is 9.53 Å². The molecule has 4 nitrogen and oxygen atoms in total. The molecule has 0 aromatic rings. The van der Waals surface area contributed by atoms with E-state index in [1.54, 1.807) is 0 Å². The van der Waals surface area contributed by atoms with Gasteiger partial charge in [-0.2, -0.15) is 0 Å². The highest BCUT2D eigenvalue weighted by molar-refractivity contribution is 5.84. The van der Waals surface area contributed by atoms with Gasteiger partial charge in [0.1, 0.15) is 0 Å². The second-order valence-corrected chi connectivity index (χ2v) is 7.63. The van der Waals surface area contributed by atoms with Crippen molar-refractivity contribution >= 4 is 5.91 Å². The lowest BCUT2D eigenvalue weighted by Crippen LogP contribution is -2.72. The van der Waals surface area contributed by atoms with Gasteiger partial charge in [-0.05, 0) is 23.7 Å². The lowest BCUT2D eigenvalue weighted by Gasteiger charge is -2.52. The first kappa shape index (κ1) is 13.4. The van der Waals surface area contributed by atoms with E-state index in [4.69, 9.17) is 10.5 Å². The summed E-state index contributed by atoms with van der Waals surface area (Å²) in [6.45, 7) is 9.46. The van der Waals surface area contributed by atoms with Gasteiger partial charge < -0.3 is 15.8 Å². The van der Waals surface area contributed by atoms with E-state index in [9.17, 15) is 4.79 Å². The van der Waals surface area contributed by atoms with Gasteiger partial charge in [0.15, 0.2) is 0 Å². The molecule has 0 spiro atoms. The number of rotatable bonds is 2. The Labute approximate surface area is 115 Å². The molecule has 19 heavy (non-hydrogen) atoms. The number of nitrogens with one attached hydrogen (secondary N) is 1. The first-order chi connectivity index (χ1) is 8.78. The highest BCUT2D eigenvalue weighted by Crippen LogP contribution is 2.68. The van der Waals surface area contributed by atoms with Crippen molar-refractivity contribution in [1.29, 1.82) is 0 Å². The van der Waals surface area contributed by atoms with Gasteiger partial charge in [-0.25, -0.2) is 0 Å². The molecule has 3 aliphatic rings. The minimum Gasteiger partial charge on any atom is -0.376 e. The van der Waals surface area contributed by atoms with Gasteiger partial charge in [-0.3, -0.25) is 4.79 Å². The third-order valence-electron chi connectivity index (χ3n) is 6.27. The van der Waals surface area contributed by atoms with Crippen LogP contribution in [0.2, 0.25) is 0 Å². The van der Waals surface area contributed by atoms with Crippen LogP contribution < -0.4 is 11.1 Å². The van der Waals surface area contributed by atoms with E-state index in [0.29, 0.717) is 5.92 Å². The summed E-state index contributed by atoms with van der Waals surface area (Å²) in [4.78, 5) is 12.4. The Hall–Kier alpha value is -0.610. The van der Waals surface area contributed by atoms with E-state index in [-0.39, 0.29) is 40.8 Å². The molecule has 1 saturated heterocycles. The Bertz CT molecular complexity index is 391. The highest BCUT2D eigenvalue weighted by atomic mass is 16.5. The molecule has 0 aromatic carbocycles. The zero-order valence-corrected chi connectivity index (χ0v) is 12.4. The number of ether oxygens (including phenoxy) is 1. The van der Waals surface area contributed by atoms with Gasteiger partial charge in [-0.15, -0.1) is 0 Å². The number of hydrogen-bond donors (Lipinski definition) is 2. The monoisotopic (exact) mass is 266 g/mol. The van der Waals surface area contributed by atoms with Crippen LogP contribution in [0, 0.1) is 22.7 Å². The van der Waals surface area contributed by atoms with Crippen LogP contribution in [0.25, 0.3) is 0 Å². The van der Waals surface area contributed by atoms with Crippen LogP contribution in [0.3, 0.4) is 0 Å². The van der Waals surface area contributed by atoms with E-state index in [0.717, 1.165) is 19.4 Å². The largest absolute Gasteiger partial charge is 0.376 e. The van der Waals surface area contributed by atoms with Crippen LogP contribution in [0.15, 0.2) is 0 Å². The summed E-state index contributed by atoms with van der Waals surface area (Å²) in [6.07, 6.45) is 2.38. The van der Waals surface area contributed by atoms with E-state index in [1.165, 1.54) is 0 Å². The third-order valence-corrected chi connectivity index (χ3v) is 6.27. The first-order valence-corrected chi connectivity index (χ1v) is 7.46. The number of nitrogens with two attached hydrogens (primary N) is 1. The summed E-state index contributed by atoms with van der Waals surface area (Å²) in [7, 11) is 0. The predicted molar refractivity (Wildman–Crippen MR) is 73.4 cm³/mol. The molecule has 108 valence electrons. The SMILES string of the molecule is CC1(C)C(C(=O)NC2C(N)C3CCCOC32)C1(C)C. The van der Waals surface area contributed by atoms with Crippen molar-refractivity contribution in [1.82, 2.24) is 5.32 Å². The molecule has 3 N–H and O–H groups in total. The van der Waals surface area contributed by atoms with Crippen molar-refractivity contribution in [2.45, 2.75) is 58.7 Å². The second-order valence-electron chi connectivity index (χ2n) is 7.63. The predicted octanol–water partition coefficient (Wildman–Crippen LogP) is 1.29. The average molecular weight is 266 g/mol. The van der Waals surface area contributed by atoms with Gasteiger partial charge in [0, 0.05) is 24.5 Å². The number of fused-ring (bicyclic) bond motifs is 1. The molecular formula is C15H26N2O2. The molecule has 0 bridgehead atoms. The molecule has 1 heterocycles. The number of carbonyl (C=O) groups is 1. The zero-order chi connectivity index (χ0) is 14.0. The molecule has 4 heteroatoms. The summed E-state index contributed by atoms with van der Waals surface area (Å²) < 4.78 is 5.77. The van der Waals surface area contributed by atoms with Gasteiger partial charge in [-0.1, -0.05) is 27.7 Å². The fourth-order valence-electron chi connectivity index (χ4n) is 4.23. The standard InChI is InChI=1S/C15H26N2O2/c1-14(2)12(15(14,3)4)13(18)17-10-9(16)8-6-5-7-19-11(8)10/h8-12H,5-7,16H2,1-4H3,(H,17,18). The molecule has 3 fully saturated rings. The maximum atomic E-state index is 12.4. The molecule has 0 radical (unpaired) electrons. The Balaban J connectivity index is 1.62. The van der Waals surface area contributed by atoms with Crippen LogP contribution in [0.4, 0.5) is 0 Å². The van der Waals surface area contributed by atoms with Gasteiger partial charge >= 0.3 is 0 Å². The van der Waals surface area contributed by atoms with Crippen LogP contribution in [0.5, 0.6) is 0 Å². The Morgan fingerprint density at radius 2 is 1.89 bits per heavy atom. The average Bonchev–Trinajstić information content (AvgIpc) is 2.76. The fourth-order valence-corrected chi connectivity index (χ4v) is 4.23. The fraction of sp³-hybridized carbons (Fsp3) is 0.933. The summed E-state index contributed by atoms with van der Waals surface area (Å²) >= 11 is 0. The van der Waals surface area contributed by atoms with Gasteiger partial charge in [0.25, 0.3) is 0 Å². The summed E-state index contributed by atoms with van der Waals surface area (Å²) in [5, 5.41) is 3.15. The quantitative estimate of drug-likeness (QED) is 0.791. The molecule has 4 unspecified atom stereocenters. The molecule has 0 aromatic heterocycles. The molecule has 1 amide bonds. The van der Waals surface area contributed by atoms with E-state index in [2.05, 4.69) is 33.0 Å². The molecule has 2 aliphatic carbocycles. The van der Waals surface area contributed by atoms with Crippen molar-refractivity contribution in [3.8, 4) is 0 Å². The highest BCUT2D eigenvalue weighted by Gasteiger charge is 2.68. The number of hydrogen-bond acceptors (Lipinski definition) is 3. The lowest BCUT2D eigenvalue weighted by atomic mass is 9.68. The number of carbonyl (C=O) groups excluding carboxylic acids is 1. The summed E-state index contributed by atoms with van der Waals surface area (Å²) in [5.41, 5.74) is 6.35. The van der Waals surface area contributed by atoms with Crippen molar-refractivity contribution < 1.29 is 9.53 Å². The van der Waals surface area contributed by atoms with E-state index in [1.807, 2.05) is 0 Å². The van der Waals surface area contributed by atoms with Crippen LogP contribution >= 0.6 is 0 Å². The van der Waals surface area contributed by atoms with Crippen molar-refractivity contribution in [2.24, 2.45) is 28.4 Å². The Morgan fingerprint density at radius 1 is 1.26 bits per heavy atom. The smallest absolute Gasteiger partial charge is 0.224 e. The third kappa shape index (κ3) is 1.69. The first-order valence-electron chi connectivity index (χ1n) is 7.46. The van der Waals surface area contributed by atoms with Crippen LogP contribution in [-0.4, -0.2) is 30.7 Å². The van der Waals surface area contributed by atoms with Crippen molar-refractivity contribution in [3.05, 3.63) is 0 Å². The van der Waals surface area contributed by atoms with Crippen molar-refractivity contribution in [3.63, 3.8) is 0 Å². The zero-order valence-electron chi connectivity index (χ0n) is 12.4.